The molecule has 0 aliphatic carbocycles. The second-order valence-electron chi connectivity index (χ2n) is 12.6. The molecule has 2 aromatic heterocycles. The second kappa shape index (κ2) is 11.3. The number of fused-ring (bicyclic) bond motifs is 7. The van der Waals surface area contributed by atoms with Gasteiger partial charge in [0.05, 0.1) is 10.7 Å². The topological polar surface area (TPSA) is 28.4 Å². The van der Waals surface area contributed by atoms with Gasteiger partial charge in [0, 0.05) is 44.3 Å². The maximum absolute atomic E-state index is 6.56. The molecule has 3 nitrogen and oxygen atoms in total. The molecule has 3 heterocycles. The highest BCUT2D eigenvalue weighted by Gasteiger charge is 2.21. The summed E-state index contributed by atoms with van der Waals surface area (Å²) in [5.74, 6) is 0. The van der Waals surface area contributed by atoms with E-state index < -0.39 is 0 Å². The molecule has 0 amide bonds. The molecule has 0 bridgehead atoms. The van der Waals surface area contributed by atoms with Crippen molar-refractivity contribution in [3.63, 3.8) is 0 Å². The number of nitrogens with zero attached hydrogens (tertiary/aromatic N) is 1. The quantitative estimate of drug-likeness (QED) is 0.202. The van der Waals surface area contributed by atoms with Gasteiger partial charge in [0.25, 0.3) is 0 Å². The van der Waals surface area contributed by atoms with Gasteiger partial charge < -0.3 is 14.6 Å². The van der Waals surface area contributed by atoms with Crippen LogP contribution in [0.1, 0.15) is 11.1 Å². The average Bonchev–Trinajstić information content (AvgIpc) is 3.74. The fraction of sp³-hybridized carbons (Fsp3) is 0.0222. The van der Waals surface area contributed by atoms with Crippen LogP contribution in [0.4, 0.5) is 22.1 Å². The van der Waals surface area contributed by atoms with Crippen molar-refractivity contribution in [1.29, 1.82) is 0 Å². The van der Waals surface area contributed by atoms with Crippen molar-refractivity contribution in [2.45, 2.75) is 0 Å². The fourth-order valence-corrected chi connectivity index (χ4v) is 8.34. The van der Waals surface area contributed by atoms with Gasteiger partial charge >= 0.3 is 0 Å². The van der Waals surface area contributed by atoms with Crippen LogP contribution in [0.25, 0.3) is 65.6 Å². The molecule has 0 radical (unpaired) electrons. The van der Waals surface area contributed by atoms with Crippen molar-refractivity contribution in [3.8, 4) is 11.1 Å². The molecule has 1 aliphatic rings. The summed E-state index contributed by atoms with van der Waals surface area (Å²) >= 11 is 1.83. The average molecular weight is 647 g/mol. The Morgan fingerprint density at radius 1 is 0.551 bits per heavy atom. The number of para-hydroxylation sites is 2. The lowest BCUT2D eigenvalue weighted by Gasteiger charge is -2.26. The first-order valence-electron chi connectivity index (χ1n) is 16.6. The minimum absolute atomic E-state index is 0.803. The molecule has 232 valence electrons. The zero-order valence-electron chi connectivity index (χ0n) is 26.6. The molecular weight excluding hydrogens is 617 g/mol. The minimum atomic E-state index is 0.803. The Balaban J connectivity index is 1.08. The van der Waals surface area contributed by atoms with Gasteiger partial charge in [-0.15, -0.1) is 11.3 Å². The third-order valence-corrected chi connectivity index (χ3v) is 10.9. The summed E-state index contributed by atoms with van der Waals surface area (Å²) in [7, 11) is 0. The molecule has 49 heavy (non-hydrogen) atoms. The normalized spacial score (nSPS) is 12.7. The van der Waals surface area contributed by atoms with Crippen molar-refractivity contribution in [2.24, 2.45) is 0 Å². The summed E-state index contributed by atoms with van der Waals surface area (Å²) in [5.41, 5.74) is 11.1. The first kappa shape index (κ1) is 28.0. The van der Waals surface area contributed by atoms with Crippen molar-refractivity contribution < 1.29 is 4.42 Å². The number of thiophene rings is 1. The van der Waals surface area contributed by atoms with Crippen molar-refractivity contribution in [2.75, 3.05) is 16.8 Å². The zero-order chi connectivity index (χ0) is 32.3. The Bertz CT molecular complexity index is 2720. The van der Waals surface area contributed by atoms with E-state index in [0.29, 0.717) is 0 Å². The Hall–Kier alpha value is -6.10. The molecule has 0 atom stereocenters. The smallest absolute Gasteiger partial charge is 0.159 e. The van der Waals surface area contributed by atoms with Crippen LogP contribution in [-0.4, -0.2) is 6.54 Å². The molecule has 0 unspecified atom stereocenters. The highest BCUT2D eigenvalue weighted by molar-refractivity contribution is 7.23. The van der Waals surface area contributed by atoms with Crippen molar-refractivity contribution in [1.82, 2.24) is 0 Å². The number of hydrogen-bond donors (Lipinski definition) is 1. The van der Waals surface area contributed by atoms with E-state index in [-0.39, 0.29) is 0 Å². The zero-order valence-corrected chi connectivity index (χ0v) is 27.4. The van der Waals surface area contributed by atoms with Crippen LogP contribution in [0.5, 0.6) is 0 Å². The lowest BCUT2D eigenvalue weighted by Crippen LogP contribution is -2.11. The lowest BCUT2D eigenvalue weighted by molar-refractivity contribution is 0.669. The molecule has 0 fully saturated rings. The highest BCUT2D eigenvalue weighted by Crippen LogP contribution is 2.44. The summed E-state index contributed by atoms with van der Waals surface area (Å²) in [5, 5.41) is 11.0. The molecule has 1 N–H and O–H groups in total. The number of benzene rings is 7. The summed E-state index contributed by atoms with van der Waals surface area (Å²) < 4.78 is 7.88. The van der Waals surface area contributed by atoms with Crippen molar-refractivity contribution in [3.05, 3.63) is 169 Å². The van der Waals surface area contributed by atoms with Gasteiger partial charge in [0.15, 0.2) is 5.58 Å². The van der Waals surface area contributed by atoms with Crippen LogP contribution in [0.3, 0.4) is 0 Å². The largest absolute Gasteiger partial charge is 0.454 e. The van der Waals surface area contributed by atoms with Gasteiger partial charge in [0.1, 0.15) is 5.58 Å². The van der Waals surface area contributed by atoms with Crippen LogP contribution in [-0.2, 0) is 0 Å². The van der Waals surface area contributed by atoms with Crippen LogP contribution in [0, 0.1) is 0 Å². The number of hydrogen-bond acceptors (Lipinski definition) is 4. The molecule has 9 aromatic rings. The van der Waals surface area contributed by atoms with Crippen LogP contribution < -0.4 is 10.2 Å². The Kier molecular flexibility index (Phi) is 6.42. The standard InChI is InChI=1S/C45H30N2OS/c1-2-9-32-26-33(17-16-29(32)8-1)30-18-22-35(23-19-30)47(41-13-7-12-39-37-10-3-5-14-42(37)48-44(39)41)36-24-20-31(21-25-36)34-27-40-38-11-4-6-15-43(38)49-45(40)46-28-34/h1-27,46H,28H2. The molecule has 0 saturated carbocycles. The SMILES string of the molecule is C1=C(c2ccc(N(c3ccc(-c4ccc5ccccc5c4)cc3)c3cccc4c3oc3ccccc34)cc2)CNc2sc3ccccc3c21. The van der Waals surface area contributed by atoms with E-state index in [2.05, 4.69) is 162 Å². The van der Waals surface area contributed by atoms with E-state index in [1.165, 1.54) is 53.7 Å². The third kappa shape index (κ3) is 4.72. The molecule has 4 heteroatoms. The number of rotatable bonds is 5. The van der Waals surface area contributed by atoms with Crippen molar-refractivity contribution >= 4 is 87.8 Å². The first-order chi connectivity index (χ1) is 24.3. The molecule has 0 saturated heterocycles. The van der Waals surface area contributed by atoms with E-state index in [1.54, 1.807) is 0 Å². The molecule has 0 spiro atoms. The van der Waals surface area contributed by atoms with E-state index in [0.717, 1.165) is 45.5 Å². The second-order valence-corrected chi connectivity index (χ2v) is 13.7. The Labute approximate surface area is 288 Å². The van der Waals surface area contributed by atoms with Crippen LogP contribution >= 0.6 is 11.3 Å². The summed E-state index contributed by atoms with van der Waals surface area (Å²) in [6, 6.07) is 56.4. The highest BCUT2D eigenvalue weighted by atomic mass is 32.1. The maximum atomic E-state index is 6.56. The summed E-state index contributed by atoms with van der Waals surface area (Å²) in [6.07, 6.45) is 2.36. The van der Waals surface area contributed by atoms with Gasteiger partial charge in [-0.05, 0) is 87.6 Å². The fourth-order valence-electron chi connectivity index (χ4n) is 7.26. The number of furan rings is 1. The predicted octanol–water partition coefficient (Wildman–Crippen LogP) is 13.1. The Morgan fingerprint density at radius 3 is 2.06 bits per heavy atom. The van der Waals surface area contributed by atoms with Gasteiger partial charge in [-0.25, -0.2) is 0 Å². The predicted molar refractivity (Wildman–Crippen MR) is 210 cm³/mol. The Morgan fingerprint density at radius 2 is 1.22 bits per heavy atom. The van der Waals surface area contributed by atoms with E-state index in [9.17, 15) is 0 Å². The van der Waals surface area contributed by atoms with E-state index >= 15 is 0 Å². The maximum Gasteiger partial charge on any atom is 0.159 e. The van der Waals surface area contributed by atoms with Crippen LogP contribution in [0.2, 0.25) is 0 Å². The van der Waals surface area contributed by atoms with Gasteiger partial charge in [-0.3, -0.25) is 0 Å². The molecule has 10 rings (SSSR count). The minimum Gasteiger partial charge on any atom is -0.454 e. The monoisotopic (exact) mass is 646 g/mol. The van der Waals surface area contributed by atoms with E-state index in [1.807, 2.05) is 23.5 Å². The number of anilines is 4. The van der Waals surface area contributed by atoms with Crippen LogP contribution in [0.15, 0.2) is 162 Å². The summed E-state index contributed by atoms with van der Waals surface area (Å²) in [6.45, 7) is 0.803. The summed E-state index contributed by atoms with van der Waals surface area (Å²) in [4.78, 5) is 2.32. The molecule has 7 aromatic carbocycles. The number of nitrogens with one attached hydrogen (secondary N) is 1. The molecule has 1 aliphatic heterocycles. The first-order valence-corrected chi connectivity index (χ1v) is 17.4. The van der Waals surface area contributed by atoms with Gasteiger partial charge in [-0.2, -0.15) is 0 Å². The van der Waals surface area contributed by atoms with E-state index in [4.69, 9.17) is 4.42 Å². The third-order valence-electron chi connectivity index (χ3n) is 9.72. The lowest BCUT2D eigenvalue weighted by atomic mass is 9.99. The van der Waals surface area contributed by atoms with Gasteiger partial charge in [-0.1, -0.05) is 109 Å². The van der Waals surface area contributed by atoms with Gasteiger partial charge in [0.2, 0.25) is 0 Å². The molecular formula is C45H30N2OS.